The molecular weight excluding hydrogens is 578 g/mol. The number of carbonyl (C=O) groups excluding carboxylic acids is 5. The molecule has 2 aliphatic heterocycles. The number of nitrogens with one attached hydrogen (secondary N) is 2. The van der Waals surface area contributed by atoms with Gasteiger partial charge >= 0.3 is 6.09 Å². The number of ether oxygens (including phenoxy) is 1. The lowest BCUT2D eigenvalue weighted by Gasteiger charge is -2.32. The average molecular weight is 622 g/mol. The highest BCUT2D eigenvalue weighted by atomic mass is 16.6. The Morgan fingerprint density at radius 1 is 0.822 bits per heavy atom. The normalized spacial score (nSPS) is 19.4. The Hall–Kier alpha value is -4.61. The van der Waals surface area contributed by atoms with Gasteiger partial charge in [0.25, 0.3) is 0 Å². The van der Waals surface area contributed by atoms with Gasteiger partial charge in [-0.05, 0) is 69.7 Å². The summed E-state index contributed by atoms with van der Waals surface area (Å²) in [6.07, 6.45) is 1.53. The minimum Gasteiger partial charge on any atom is -0.508 e. The first-order valence-corrected chi connectivity index (χ1v) is 15.3. The van der Waals surface area contributed by atoms with Crippen molar-refractivity contribution in [3.63, 3.8) is 0 Å². The molecule has 0 aromatic heterocycles. The van der Waals surface area contributed by atoms with Gasteiger partial charge in [0.15, 0.2) is 0 Å². The summed E-state index contributed by atoms with van der Waals surface area (Å²) >= 11 is 0. The lowest BCUT2D eigenvalue weighted by Crippen LogP contribution is -2.58. The van der Waals surface area contributed by atoms with Crippen LogP contribution in [-0.2, 0) is 36.8 Å². The van der Waals surface area contributed by atoms with Gasteiger partial charge in [0.2, 0.25) is 23.6 Å². The Morgan fingerprint density at radius 3 is 1.89 bits per heavy atom. The summed E-state index contributed by atoms with van der Waals surface area (Å²) in [5.41, 5.74) is 6.28. The standard InChI is InChI=1S/C33H43N5O7/c1-33(2,3)45-32(44)36-25(20-22-13-15-23(39)16-14-22)31(43)38-18-8-12-27(38)29(41)35-24(19-21-9-5-4-6-10-21)30(42)37-17-7-11-26(37)28(34)40/h4-6,9-10,13-16,24-27,39H,7-8,11-12,17-20H2,1-3H3,(H2,34,40)(H,35,41)(H,36,44)/t24-,25-,26-,27-/m0/s1. The number of likely N-dealkylation sites (tertiary alicyclic amines) is 2. The number of alkyl carbamates (subject to hydrolysis) is 1. The zero-order valence-corrected chi connectivity index (χ0v) is 26.0. The van der Waals surface area contributed by atoms with Crippen LogP contribution in [0.4, 0.5) is 4.79 Å². The highest BCUT2D eigenvalue weighted by molar-refractivity contribution is 5.96. The molecule has 0 saturated carbocycles. The fourth-order valence-corrected chi connectivity index (χ4v) is 5.87. The molecule has 12 heteroatoms. The fourth-order valence-electron chi connectivity index (χ4n) is 5.87. The van der Waals surface area contributed by atoms with Crippen LogP contribution in [0.25, 0.3) is 0 Å². The summed E-state index contributed by atoms with van der Waals surface area (Å²) in [6.45, 7) is 5.78. The monoisotopic (exact) mass is 621 g/mol. The number of amides is 5. The van der Waals surface area contributed by atoms with E-state index in [-0.39, 0.29) is 25.1 Å². The minimum atomic E-state index is -1.06. The second kappa shape index (κ2) is 14.4. The molecule has 2 heterocycles. The summed E-state index contributed by atoms with van der Waals surface area (Å²) in [6, 6.07) is 11.9. The first kappa shape index (κ1) is 33.3. The summed E-state index contributed by atoms with van der Waals surface area (Å²) in [5.74, 6) is -1.89. The summed E-state index contributed by atoms with van der Waals surface area (Å²) in [7, 11) is 0. The van der Waals surface area contributed by atoms with Crippen molar-refractivity contribution in [2.75, 3.05) is 13.1 Å². The van der Waals surface area contributed by atoms with Gasteiger partial charge in [-0.15, -0.1) is 0 Å². The molecule has 12 nitrogen and oxygen atoms in total. The number of phenols is 1. The van der Waals surface area contributed by atoms with Gasteiger partial charge in [0, 0.05) is 25.9 Å². The molecule has 2 fully saturated rings. The number of nitrogens with two attached hydrogens (primary N) is 1. The van der Waals surface area contributed by atoms with Gasteiger partial charge in [0.1, 0.15) is 35.5 Å². The van der Waals surface area contributed by atoms with E-state index >= 15 is 0 Å². The summed E-state index contributed by atoms with van der Waals surface area (Å²) in [5, 5.41) is 15.2. The van der Waals surface area contributed by atoms with Gasteiger partial charge in [-0.3, -0.25) is 19.2 Å². The van der Waals surface area contributed by atoms with E-state index in [2.05, 4.69) is 10.6 Å². The van der Waals surface area contributed by atoms with Gasteiger partial charge in [-0.25, -0.2) is 4.79 Å². The van der Waals surface area contributed by atoms with E-state index in [1.807, 2.05) is 30.3 Å². The molecule has 4 rings (SSSR count). The van der Waals surface area contributed by atoms with E-state index in [1.165, 1.54) is 21.9 Å². The zero-order valence-electron chi connectivity index (χ0n) is 26.0. The van der Waals surface area contributed by atoms with E-state index in [9.17, 15) is 29.1 Å². The van der Waals surface area contributed by atoms with E-state index in [0.717, 1.165) is 5.56 Å². The van der Waals surface area contributed by atoms with Crippen molar-refractivity contribution in [3.05, 3.63) is 65.7 Å². The largest absolute Gasteiger partial charge is 0.508 e. The van der Waals surface area contributed by atoms with Crippen LogP contribution in [0.2, 0.25) is 0 Å². The van der Waals surface area contributed by atoms with Crippen molar-refractivity contribution in [3.8, 4) is 5.75 Å². The van der Waals surface area contributed by atoms with Crippen LogP contribution in [0.3, 0.4) is 0 Å². The zero-order chi connectivity index (χ0) is 32.7. The third-order valence-corrected chi connectivity index (χ3v) is 7.97. The molecule has 0 unspecified atom stereocenters. The number of primary amides is 1. The SMILES string of the molecule is CC(C)(C)OC(=O)N[C@@H](Cc1ccc(O)cc1)C(=O)N1CCC[C@H]1C(=O)N[C@@H](Cc1ccccc1)C(=O)N1CCC[C@H]1C(N)=O. The van der Waals surface area contributed by atoms with Crippen molar-refractivity contribution in [1.82, 2.24) is 20.4 Å². The second-order valence-electron chi connectivity index (χ2n) is 12.6. The third-order valence-electron chi connectivity index (χ3n) is 7.97. The predicted molar refractivity (Wildman–Crippen MR) is 166 cm³/mol. The highest BCUT2D eigenvalue weighted by Gasteiger charge is 2.41. The Labute approximate surface area is 263 Å². The summed E-state index contributed by atoms with van der Waals surface area (Å²) < 4.78 is 5.41. The van der Waals surface area contributed by atoms with Crippen LogP contribution in [0.5, 0.6) is 5.75 Å². The minimum absolute atomic E-state index is 0.0636. The van der Waals surface area contributed by atoms with Gasteiger partial charge in [-0.1, -0.05) is 42.5 Å². The molecule has 2 saturated heterocycles. The molecule has 0 bridgehead atoms. The van der Waals surface area contributed by atoms with Crippen LogP contribution < -0.4 is 16.4 Å². The van der Waals surface area contributed by atoms with Crippen LogP contribution in [0, 0.1) is 0 Å². The summed E-state index contributed by atoms with van der Waals surface area (Å²) in [4.78, 5) is 69.2. The quantitative estimate of drug-likeness (QED) is 0.314. The number of hydrogen-bond donors (Lipinski definition) is 4. The Morgan fingerprint density at radius 2 is 1.33 bits per heavy atom. The number of hydrogen-bond acceptors (Lipinski definition) is 7. The molecule has 0 radical (unpaired) electrons. The molecule has 4 atom stereocenters. The topological polar surface area (TPSA) is 171 Å². The highest BCUT2D eigenvalue weighted by Crippen LogP contribution is 2.23. The molecule has 0 spiro atoms. The Balaban J connectivity index is 1.54. The van der Waals surface area contributed by atoms with Crippen LogP contribution in [0.15, 0.2) is 54.6 Å². The average Bonchev–Trinajstić information content (AvgIpc) is 3.67. The molecule has 5 N–H and O–H groups in total. The van der Waals surface area contributed by atoms with E-state index < -0.39 is 59.5 Å². The third kappa shape index (κ3) is 8.96. The Bertz CT molecular complexity index is 1380. The molecule has 2 aliphatic rings. The molecule has 5 amide bonds. The first-order valence-electron chi connectivity index (χ1n) is 15.3. The number of phenolic OH excluding ortho intramolecular Hbond substituents is 1. The number of nitrogens with zero attached hydrogens (tertiary/aromatic N) is 2. The Kier molecular flexibility index (Phi) is 10.7. The number of benzene rings is 2. The maximum atomic E-state index is 14.0. The van der Waals surface area contributed by atoms with Gasteiger partial charge in [0.05, 0.1) is 0 Å². The number of carbonyl (C=O) groups is 5. The van der Waals surface area contributed by atoms with E-state index in [0.29, 0.717) is 37.8 Å². The molecular formula is C33H43N5O7. The number of rotatable bonds is 10. The van der Waals surface area contributed by atoms with E-state index in [1.54, 1.807) is 32.9 Å². The van der Waals surface area contributed by atoms with Crippen LogP contribution >= 0.6 is 0 Å². The lowest BCUT2D eigenvalue weighted by atomic mass is 10.0. The van der Waals surface area contributed by atoms with Crippen LogP contribution in [-0.4, -0.2) is 87.5 Å². The predicted octanol–water partition coefficient (Wildman–Crippen LogP) is 2.02. The van der Waals surface area contributed by atoms with Gasteiger partial charge < -0.3 is 36.0 Å². The van der Waals surface area contributed by atoms with Gasteiger partial charge in [-0.2, -0.15) is 0 Å². The first-order chi connectivity index (χ1) is 21.3. The van der Waals surface area contributed by atoms with E-state index in [4.69, 9.17) is 10.5 Å². The fraction of sp³-hybridized carbons (Fsp3) is 0.485. The van der Waals surface area contributed by atoms with Crippen molar-refractivity contribution in [1.29, 1.82) is 0 Å². The van der Waals surface area contributed by atoms with Crippen molar-refractivity contribution < 1.29 is 33.8 Å². The van der Waals surface area contributed by atoms with Crippen molar-refractivity contribution in [2.45, 2.75) is 89.1 Å². The van der Waals surface area contributed by atoms with Crippen LogP contribution in [0.1, 0.15) is 57.6 Å². The molecule has 45 heavy (non-hydrogen) atoms. The maximum Gasteiger partial charge on any atom is 0.408 e. The van der Waals surface area contributed by atoms with Crippen molar-refractivity contribution in [2.24, 2.45) is 5.73 Å². The lowest BCUT2D eigenvalue weighted by molar-refractivity contribution is -0.143. The molecule has 0 aliphatic carbocycles. The second-order valence-corrected chi connectivity index (χ2v) is 12.6. The molecule has 2 aromatic rings. The molecule has 242 valence electrons. The molecule has 2 aromatic carbocycles. The smallest absolute Gasteiger partial charge is 0.408 e. The maximum absolute atomic E-state index is 14.0. The van der Waals surface area contributed by atoms with Crippen molar-refractivity contribution >= 4 is 29.7 Å². The number of aromatic hydroxyl groups is 1.